The Hall–Kier alpha value is -3.49. The van der Waals surface area contributed by atoms with Crippen LogP contribution >= 0.6 is 22.9 Å². The summed E-state index contributed by atoms with van der Waals surface area (Å²) in [4.78, 5) is 31.0. The largest absolute Gasteiger partial charge is 0.366 e. The first-order valence-electron chi connectivity index (χ1n) is 11.0. The second-order valence-electron chi connectivity index (χ2n) is 8.14. The van der Waals surface area contributed by atoms with Crippen LogP contribution in [-0.2, 0) is 0 Å². The van der Waals surface area contributed by atoms with Gasteiger partial charge in [0.1, 0.15) is 10.7 Å². The van der Waals surface area contributed by atoms with Crippen molar-refractivity contribution >= 4 is 56.1 Å². The number of anilines is 2. The molecule has 0 saturated carbocycles. The van der Waals surface area contributed by atoms with Crippen molar-refractivity contribution in [1.29, 1.82) is 0 Å². The van der Waals surface area contributed by atoms with Crippen molar-refractivity contribution in [3.8, 4) is 10.6 Å². The molecule has 0 aliphatic carbocycles. The Morgan fingerprint density at radius 3 is 2.62 bits per heavy atom. The number of hydrogen-bond donors (Lipinski definition) is 1. The molecule has 1 saturated heterocycles. The van der Waals surface area contributed by atoms with Crippen LogP contribution in [0.2, 0.25) is 5.02 Å². The van der Waals surface area contributed by atoms with Crippen molar-refractivity contribution in [2.24, 2.45) is 0 Å². The summed E-state index contributed by atoms with van der Waals surface area (Å²) in [6, 6.07) is 17.8. The molecule has 1 aliphatic heterocycles. The van der Waals surface area contributed by atoms with Crippen LogP contribution in [0.3, 0.4) is 0 Å². The smallest absolute Gasteiger partial charge is 0.293 e. The Bertz CT molecular complexity index is 1370. The van der Waals surface area contributed by atoms with E-state index in [1.807, 2.05) is 35.2 Å². The number of nitro groups is 1. The molecule has 34 heavy (non-hydrogen) atoms. The minimum atomic E-state index is -0.461. The summed E-state index contributed by atoms with van der Waals surface area (Å²) in [5.41, 5.74) is 2.84. The van der Waals surface area contributed by atoms with Crippen LogP contribution in [0.5, 0.6) is 0 Å². The number of para-hydroxylation sites is 1. The van der Waals surface area contributed by atoms with Crippen LogP contribution in [0.15, 0.2) is 60.7 Å². The molecular weight excluding hydrogens is 472 g/mol. The molecule has 3 aromatic carbocycles. The first kappa shape index (κ1) is 22.3. The molecule has 0 radical (unpaired) electrons. The van der Waals surface area contributed by atoms with E-state index in [1.165, 1.54) is 6.07 Å². The Balaban J connectivity index is 1.42. The third kappa shape index (κ3) is 4.47. The Labute approximate surface area is 205 Å². The number of nitrogens with one attached hydrogen (secondary N) is 1. The van der Waals surface area contributed by atoms with Crippen LogP contribution in [0.25, 0.3) is 20.8 Å². The van der Waals surface area contributed by atoms with E-state index in [9.17, 15) is 14.9 Å². The van der Waals surface area contributed by atoms with Crippen LogP contribution in [0, 0.1) is 10.1 Å². The number of aromatic nitrogens is 1. The first-order chi connectivity index (χ1) is 16.5. The number of piperidine rings is 1. The molecule has 0 atom stereocenters. The number of rotatable bonds is 5. The molecule has 1 fully saturated rings. The van der Waals surface area contributed by atoms with Gasteiger partial charge in [-0.05, 0) is 55.7 Å². The molecule has 0 unspecified atom stereocenters. The van der Waals surface area contributed by atoms with Crippen molar-refractivity contribution in [3.63, 3.8) is 0 Å². The molecule has 1 aliphatic rings. The van der Waals surface area contributed by atoms with E-state index in [-0.39, 0.29) is 11.3 Å². The number of carbonyl (C=O) groups excluding carboxylic acids is 1. The molecule has 0 spiro atoms. The van der Waals surface area contributed by atoms with Gasteiger partial charge >= 0.3 is 0 Å². The number of amides is 1. The molecular formula is C25H21ClN4O3S. The zero-order valence-electron chi connectivity index (χ0n) is 18.2. The molecule has 2 heterocycles. The second kappa shape index (κ2) is 9.40. The van der Waals surface area contributed by atoms with Gasteiger partial charge < -0.3 is 10.2 Å². The standard InChI is InChI=1S/C25H21ClN4O3S/c26-18-10-8-17(25-28-19-6-2-3-7-23(19)34-25)14-20(18)27-24(31)16-9-11-21(22(15-16)30(32)33)29-12-4-1-5-13-29/h2-3,6-11,14-15H,1,4-5,12-13H2,(H,27,31). The Morgan fingerprint density at radius 2 is 1.85 bits per heavy atom. The van der Waals surface area contributed by atoms with Crippen molar-refractivity contribution in [2.75, 3.05) is 23.3 Å². The lowest BCUT2D eigenvalue weighted by Crippen LogP contribution is -2.30. The van der Waals surface area contributed by atoms with Crippen molar-refractivity contribution in [1.82, 2.24) is 4.98 Å². The maximum Gasteiger partial charge on any atom is 0.293 e. The highest BCUT2D eigenvalue weighted by Gasteiger charge is 2.23. The first-order valence-corrected chi connectivity index (χ1v) is 12.2. The number of halogens is 1. The monoisotopic (exact) mass is 492 g/mol. The van der Waals surface area contributed by atoms with Crippen LogP contribution < -0.4 is 10.2 Å². The van der Waals surface area contributed by atoms with Crippen LogP contribution in [0.1, 0.15) is 29.6 Å². The summed E-state index contributed by atoms with van der Waals surface area (Å²) in [6.07, 6.45) is 3.13. The van der Waals surface area contributed by atoms with E-state index < -0.39 is 10.8 Å². The van der Waals surface area contributed by atoms with Gasteiger partial charge in [-0.2, -0.15) is 0 Å². The van der Waals surface area contributed by atoms with Gasteiger partial charge in [0, 0.05) is 30.3 Å². The SMILES string of the molecule is O=C(Nc1cc(-c2nc3ccccc3s2)ccc1Cl)c1ccc(N2CCCCC2)c([N+](=O)[O-])c1. The highest BCUT2D eigenvalue weighted by atomic mass is 35.5. The number of fused-ring (bicyclic) bond motifs is 1. The Kier molecular flexibility index (Phi) is 6.17. The summed E-state index contributed by atoms with van der Waals surface area (Å²) >= 11 is 7.91. The van der Waals surface area contributed by atoms with E-state index in [4.69, 9.17) is 11.6 Å². The summed E-state index contributed by atoms with van der Waals surface area (Å²) < 4.78 is 1.07. The van der Waals surface area contributed by atoms with E-state index >= 15 is 0 Å². The third-order valence-electron chi connectivity index (χ3n) is 5.89. The van der Waals surface area contributed by atoms with E-state index in [1.54, 1.807) is 35.6 Å². The lowest BCUT2D eigenvalue weighted by molar-refractivity contribution is -0.384. The lowest BCUT2D eigenvalue weighted by Gasteiger charge is -2.28. The second-order valence-corrected chi connectivity index (χ2v) is 9.58. The van der Waals surface area contributed by atoms with Crippen LogP contribution in [-0.4, -0.2) is 28.9 Å². The number of benzene rings is 3. The number of nitrogens with zero attached hydrogens (tertiary/aromatic N) is 3. The molecule has 0 bridgehead atoms. The summed E-state index contributed by atoms with van der Waals surface area (Å²) in [5, 5.41) is 15.7. The summed E-state index contributed by atoms with van der Waals surface area (Å²) in [6.45, 7) is 1.56. The highest BCUT2D eigenvalue weighted by Crippen LogP contribution is 2.35. The molecule has 4 aromatic rings. The zero-order chi connectivity index (χ0) is 23.7. The lowest BCUT2D eigenvalue weighted by atomic mass is 10.1. The number of thiazole rings is 1. The average Bonchev–Trinajstić information content (AvgIpc) is 3.30. The van der Waals surface area contributed by atoms with Gasteiger partial charge in [0.15, 0.2) is 0 Å². The van der Waals surface area contributed by atoms with Crippen LogP contribution in [0.4, 0.5) is 17.1 Å². The number of hydrogen-bond acceptors (Lipinski definition) is 6. The topological polar surface area (TPSA) is 88.4 Å². The normalized spacial score (nSPS) is 13.7. The molecule has 5 rings (SSSR count). The van der Waals surface area contributed by atoms with Crippen molar-refractivity contribution < 1.29 is 9.72 Å². The zero-order valence-corrected chi connectivity index (χ0v) is 19.7. The minimum absolute atomic E-state index is 0.0659. The van der Waals surface area contributed by atoms with Gasteiger partial charge in [0.2, 0.25) is 0 Å². The van der Waals surface area contributed by atoms with Crippen molar-refractivity contribution in [3.05, 3.63) is 81.4 Å². The molecule has 7 nitrogen and oxygen atoms in total. The quantitative estimate of drug-likeness (QED) is 0.245. The predicted molar refractivity (Wildman–Crippen MR) is 137 cm³/mol. The van der Waals surface area contributed by atoms with Gasteiger partial charge in [-0.3, -0.25) is 14.9 Å². The average molecular weight is 493 g/mol. The Morgan fingerprint density at radius 1 is 1.06 bits per heavy atom. The van der Waals surface area contributed by atoms with E-state index in [0.717, 1.165) is 53.1 Å². The van der Waals surface area contributed by atoms with Gasteiger partial charge in [0.05, 0.1) is 25.8 Å². The fourth-order valence-corrected chi connectivity index (χ4v) is 5.28. The summed E-state index contributed by atoms with van der Waals surface area (Å²) in [5.74, 6) is -0.461. The molecule has 1 aromatic heterocycles. The molecule has 1 amide bonds. The van der Waals surface area contributed by atoms with E-state index in [2.05, 4.69) is 10.3 Å². The molecule has 9 heteroatoms. The number of carbonyl (C=O) groups is 1. The van der Waals surface area contributed by atoms with Gasteiger partial charge in [-0.15, -0.1) is 11.3 Å². The minimum Gasteiger partial charge on any atom is -0.366 e. The highest BCUT2D eigenvalue weighted by molar-refractivity contribution is 7.21. The molecule has 172 valence electrons. The number of nitro benzene ring substituents is 1. The summed E-state index contributed by atoms with van der Waals surface area (Å²) in [7, 11) is 0. The fourth-order valence-electron chi connectivity index (χ4n) is 4.16. The maximum atomic E-state index is 13.0. The molecule has 1 N–H and O–H groups in total. The maximum absolute atomic E-state index is 13.0. The van der Waals surface area contributed by atoms with E-state index in [0.29, 0.717) is 16.4 Å². The van der Waals surface area contributed by atoms with Crippen molar-refractivity contribution in [2.45, 2.75) is 19.3 Å². The fraction of sp³-hybridized carbons (Fsp3) is 0.200. The third-order valence-corrected chi connectivity index (χ3v) is 7.30. The van der Waals surface area contributed by atoms with Gasteiger partial charge in [0.25, 0.3) is 11.6 Å². The van der Waals surface area contributed by atoms with Gasteiger partial charge in [-0.25, -0.2) is 4.98 Å². The predicted octanol–water partition coefficient (Wildman–Crippen LogP) is 6.77. The van der Waals surface area contributed by atoms with Gasteiger partial charge in [-0.1, -0.05) is 29.8 Å².